The Morgan fingerprint density at radius 1 is 0.933 bits per heavy atom. The van der Waals surface area contributed by atoms with Crippen LogP contribution in [0.3, 0.4) is 0 Å². The van der Waals surface area contributed by atoms with Gasteiger partial charge in [-0.3, -0.25) is 4.79 Å². The highest BCUT2D eigenvalue weighted by molar-refractivity contribution is 5.79. The number of nitrogens with zero attached hydrogens (tertiary/aromatic N) is 3. The first-order valence-electron chi connectivity index (χ1n) is 15.0. The SMILES string of the molecule is Cc1cc(F)ccc1[C@H]1[C@@H]2CN(C(=O)C3CCOCC3)C[C@H]2CCN1C(=O)N(C)[C@H](C)c1cc(C(F)(F)F)cc(C(F)(F)F)c1. The molecule has 4 atom stereocenters. The van der Waals surface area contributed by atoms with Crippen LogP contribution in [0, 0.1) is 30.5 Å². The first-order valence-corrected chi connectivity index (χ1v) is 15.0. The predicted molar refractivity (Wildman–Crippen MR) is 150 cm³/mol. The van der Waals surface area contributed by atoms with Gasteiger partial charge in [0.25, 0.3) is 0 Å². The summed E-state index contributed by atoms with van der Waals surface area (Å²) in [6.45, 7) is 5.24. The first kappa shape index (κ1) is 33.0. The van der Waals surface area contributed by atoms with Crippen molar-refractivity contribution < 1.29 is 45.1 Å². The summed E-state index contributed by atoms with van der Waals surface area (Å²) in [4.78, 5) is 32.1. The van der Waals surface area contributed by atoms with Crippen LogP contribution in [0.1, 0.15) is 66.1 Å². The molecule has 0 radical (unpaired) electrons. The molecule has 45 heavy (non-hydrogen) atoms. The number of hydrogen-bond acceptors (Lipinski definition) is 3. The molecule has 0 spiro atoms. The number of carbonyl (C=O) groups is 2. The lowest BCUT2D eigenvalue weighted by molar-refractivity contribution is -0.143. The number of ether oxygens (including phenoxy) is 1. The fourth-order valence-corrected chi connectivity index (χ4v) is 7.01. The van der Waals surface area contributed by atoms with E-state index in [1.165, 1.54) is 26.1 Å². The number of halogens is 7. The van der Waals surface area contributed by atoms with E-state index in [1.54, 1.807) is 17.9 Å². The minimum atomic E-state index is -5.03. The number of amides is 3. The zero-order chi connectivity index (χ0) is 32.8. The van der Waals surface area contributed by atoms with Crippen LogP contribution in [0.5, 0.6) is 0 Å². The van der Waals surface area contributed by atoms with E-state index in [0.29, 0.717) is 68.8 Å². The molecule has 3 heterocycles. The van der Waals surface area contributed by atoms with E-state index in [1.807, 2.05) is 4.90 Å². The largest absolute Gasteiger partial charge is 0.416 e. The third-order valence-electron chi connectivity index (χ3n) is 9.63. The van der Waals surface area contributed by atoms with E-state index >= 15 is 0 Å². The van der Waals surface area contributed by atoms with Gasteiger partial charge in [-0.2, -0.15) is 26.3 Å². The second-order valence-corrected chi connectivity index (χ2v) is 12.4. The van der Waals surface area contributed by atoms with Crippen LogP contribution < -0.4 is 0 Å². The molecule has 3 fully saturated rings. The molecule has 246 valence electrons. The van der Waals surface area contributed by atoms with Gasteiger partial charge in [-0.1, -0.05) is 6.07 Å². The lowest BCUT2D eigenvalue weighted by Gasteiger charge is -2.45. The molecule has 0 aromatic heterocycles. The molecule has 5 rings (SSSR count). The number of piperidine rings is 1. The van der Waals surface area contributed by atoms with Crippen LogP contribution in [-0.2, 0) is 21.9 Å². The van der Waals surface area contributed by atoms with Gasteiger partial charge in [-0.15, -0.1) is 0 Å². The number of alkyl halides is 6. The lowest BCUT2D eigenvalue weighted by Crippen LogP contribution is -2.51. The van der Waals surface area contributed by atoms with Crippen molar-refractivity contribution >= 4 is 11.9 Å². The summed E-state index contributed by atoms with van der Waals surface area (Å²) in [6.07, 6.45) is -8.24. The Balaban J connectivity index is 1.46. The van der Waals surface area contributed by atoms with Crippen LogP contribution in [0.15, 0.2) is 36.4 Å². The van der Waals surface area contributed by atoms with Gasteiger partial charge in [-0.05, 0) is 86.1 Å². The monoisotopic (exact) mass is 643 g/mol. The minimum absolute atomic E-state index is 0.0379. The zero-order valence-electron chi connectivity index (χ0n) is 25.2. The maximum atomic E-state index is 14.2. The second kappa shape index (κ2) is 12.4. The molecule has 3 aliphatic rings. The Morgan fingerprint density at radius 2 is 1.56 bits per heavy atom. The number of likely N-dealkylation sites (tertiary alicyclic amines) is 2. The fraction of sp³-hybridized carbons (Fsp3) is 0.562. The molecule has 6 nitrogen and oxygen atoms in total. The predicted octanol–water partition coefficient (Wildman–Crippen LogP) is 7.23. The summed E-state index contributed by atoms with van der Waals surface area (Å²) in [6, 6.07) is 3.25. The third-order valence-corrected chi connectivity index (χ3v) is 9.63. The lowest BCUT2D eigenvalue weighted by atomic mass is 9.78. The Morgan fingerprint density at radius 3 is 2.13 bits per heavy atom. The highest BCUT2D eigenvalue weighted by Crippen LogP contribution is 2.46. The van der Waals surface area contributed by atoms with Gasteiger partial charge >= 0.3 is 18.4 Å². The maximum Gasteiger partial charge on any atom is 0.416 e. The smallest absolute Gasteiger partial charge is 0.381 e. The molecule has 0 bridgehead atoms. The molecule has 2 aromatic carbocycles. The number of fused-ring (bicyclic) bond motifs is 1. The Bertz CT molecular complexity index is 1390. The first-order chi connectivity index (χ1) is 21.1. The summed E-state index contributed by atoms with van der Waals surface area (Å²) in [5.41, 5.74) is -1.95. The number of urea groups is 1. The van der Waals surface area contributed by atoms with E-state index in [-0.39, 0.29) is 41.8 Å². The molecule has 0 N–H and O–H groups in total. The fourth-order valence-electron chi connectivity index (χ4n) is 7.01. The van der Waals surface area contributed by atoms with Crippen molar-refractivity contribution in [3.8, 4) is 0 Å². The number of hydrogen-bond donors (Lipinski definition) is 0. The standard InChI is InChI=1S/C32H36F7N3O3/c1-18-12-25(33)4-5-26(18)28-27-17-41(29(43)20-7-10-45-11-8-20)16-21(27)6-9-42(28)30(44)40(3)19(2)22-13-23(31(34,35)36)15-24(14-22)32(37,38)39/h4-5,12-15,19-21,27-28H,6-11,16-17H2,1-3H3/t19-,21-,27-,28+/m1/s1. The van der Waals surface area contributed by atoms with Crippen LogP contribution >= 0.6 is 0 Å². The van der Waals surface area contributed by atoms with Crippen molar-refractivity contribution in [3.63, 3.8) is 0 Å². The van der Waals surface area contributed by atoms with Crippen molar-refractivity contribution in [1.82, 2.24) is 14.7 Å². The highest BCUT2D eigenvalue weighted by atomic mass is 19.4. The van der Waals surface area contributed by atoms with Crippen molar-refractivity contribution in [2.75, 3.05) is 39.9 Å². The van der Waals surface area contributed by atoms with Gasteiger partial charge in [-0.25, -0.2) is 9.18 Å². The molecular weight excluding hydrogens is 607 g/mol. The van der Waals surface area contributed by atoms with Gasteiger partial charge < -0.3 is 19.4 Å². The van der Waals surface area contributed by atoms with Crippen molar-refractivity contribution in [2.24, 2.45) is 17.8 Å². The van der Waals surface area contributed by atoms with Crippen LogP contribution in [-0.4, -0.2) is 66.5 Å². The molecule has 3 aliphatic heterocycles. The molecule has 13 heteroatoms. The normalized spacial score (nSPS) is 23.6. The van der Waals surface area contributed by atoms with Crippen LogP contribution in [0.2, 0.25) is 0 Å². The second-order valence-electron chi connectivity index (χ2n) is 12.4. The van der Waals surface area contributed by atoms with Crippen molar-refractivity contribution in [1.29, 1.82) is 0 Å². The van der Waals surface area contributed by atoms with E-state index in [4.69, 9.17) is 4.74 Å². The summed E-state index contributed by atoms with van der Waals surface area (Å²) in [5.74, 6) is -0.725. The van der Waals surface area contributed by atoms with Gasteiger partial charge in [0.15, 0.2) is 0 Å². The van der Waals surface area contributed by atoms with Gasteiger partial charge in [0.05, 0.1) is 23.2 Å². The molecule has 0 unspecified atom stereocenters. The molecule has 3 amide bonds. The Hall–Kier alpha value is -3.35. The molecule has 3 saturated heterocycles. The van der Waals surface area contributed by atoms with Crippen LogP contribution in [0.25, 0.3) is 0 Å². The quantitative estimate of drug-likeness (QED) is 0.331. The summed E-state index contributed by atoms with van der Waals surface area (Å²) < 4.78 is 101. The zero-order valence-corrected chi connectivity index (χ0v) is 25.2. The van der Waals surface area contributed by atoms with Crippen molar-refractivity contribution in [3.05, 3.63) is 70.0 Å². The topological polar surface area (TPSA) is 53.1 Å². The summed E-state index contributed by atoms with van der Waals surface area (Å²) >= 11 is 0. The van der Waals surface area contributed by atoms with E-state index in [0.717, 1.165) is 4.90 Å². The van der Waals surface area contributed by atoms with E-state index < -0.39 is 47.4 Å². The Labute approximate surface area is 257 Å². The van der Waals surface area contributed by atoms with Crippen molar-refractivity contribution in [2.45, 2.75) is 57.5 Å². The van der Waals surface area contributed by atoms with E-state index in [9.17, 15) is 40.3 Å². The summed E-state index contributed by atoms with van der Waals surface area (Å²) in [5, 5.41) is 0. The van der Waals surface area contributed by atoms with Gasteiger partial charge in [0, 0.05) is 51.7 Å². The molecule has 2 aromatic rings. The van der Waals surface area contributed by atoms with Gasteiger partial charge in [0.1, 0.15) is 5.82 Å². The average Bonchev–Trinajstić information content (AvgIpc) is 3.43. The number of rotatable bonds is 4. The number of benzene rings is 2. The third kappa shape index (κ3) is 6.78. The summed E-state index contributed by atoms with van der Waals surface area (Å²) in [7, 11) is 1.34. The van der Waals surface area contributed by atoms with Gasteiger partial charge in [0.2, 0.25) is 5.91 Å². The Kier molecular flexibility index (Phi) is 9.14. The molecule has 0 aliphatic carbocycles. The van der Waals surface area contributed by atoms with E-state index in [2.05, 4.69) is 0 Å². The molecule has 0 saturated carbocycles. The number of aryl methyl sites for hydroxylation is 1. The maximum absolute atomic E-state index is 14.2. The minimum Gasteiger partial charge on any atom is -0.381 e. The number of carbonyl (C=O) groups excluding carboxylic acids is 2. The average molecular weight is 644 g/mol. The highest BCUT2D eigenvalue weighted by Gasteiger charge is 2.49. The van der Waals surface area contributed by atoms with Crippen LogP contribution in [0.4, 0.5) is 35.5 Å². The molecular formula is C32H36F7N3O3.